The van der Waals surface area contributed by atoms with Crippen molar-refractivity contribution < 1.29 is 8.42 Å². The highest BCUT2D eigenvalue weighted by Gasteiger charge is 2.07. The van der Waals surface area contributed by atoms with E-state index in [0.29, 0.717) is 13.0 Å². The van der Waals surface area contributed by atoms with Gasteiger partial charge < -0.3 is 4.98 Å². The summed E-state index contributed by atoms with van der Waals surface area (Å²) in [5.41, 5.74) is 0.944. The second-order valence-electron chi connectivity index (χ2n) is 2.86. The maximum absolute atomic E-state index is 11.2. The van der Waals surface area contributed by atoms with Crippen molar-refractivity contribution in [3.63, 3.8) is 0 Å². The van der Waals surface area contributed by atoms with Crippen LogP contribution in [0.3, 0.4) is 0 Å². The third kappa shape index (κ3) is 3.61. The van der Waals surface area contributed by atoms with Gasteiger partial charge >= 0.3 is 0 Å². The molecule has 13 heavy (non-hydrogen) atoms. The van der Waals surface area contributed by atoms with Crippen molar-refractivity contribution >= 4 is 10.0 Å². The fourth-order valence-corrected chi connectivity index (χ4v) is 2.07. The van der Waals surface area contributed by atoms with Crippen LogP contribution in [-0.2, 0) is 16.6 Å². The second-order valence-corrected chi connectivity index (χ2v) is 4.79. The highest BCUT2D eigenvalue weighted by atomic mass is 32.2. The Hall–Kier alpha value is -0.810. The first-order valence-corrected chi connectivity index (χ1v) is 5.88. The molecule has 0 fully saturated rings. The second kappa shape index (κ2) is 4.43. The molecule has 5 heteroatoms. The molecule has 1 rings (SSSR count). The van der Waals surface area contributed by atoms with Crippen molar-refractivity contribution in [2.45, 2.75) is 19.9 Å². The summed E-state index contributed by atoms with van der Waals surface area (Å²) in [5, 5.41) is 0. The van der Waals surface area contributed by atoms with E-state index < -0.39 is 10.0 Å². The zero-order valence-electron chi connectivity index (χ0n) is 7.58. The lowest BCUT2D eigenvalue weighted by molar-refractivity contribution is 0.580. The minimum atomic E-state index is -3.07. The van der Waals surface area contributed by atoms with Crippen LogP contribution in [0.5, 0.6) is 0 Å². The summed E-state index contributed by atoms with van der Waals surface area (Å²) in [6.07, 6.45) is 4.18. The van der Waals surface area contributed by atoms with Gasteiger partial charge in [0, 0.05) is 18.9 Å². The first-order chi connectivity index (χ1) is 6.14. The van der Waals surface area contributed by atoms with E-state index in [4.69, 9.17) is 0 Å². The van der Waals surface area contributed by atoms with Gasteiger partial charge in [0.25, 0.3) is 0 Å². The Morgan fingerprint density at radius 1 is 1.54 bits per heavy atom. The van der Waals surface area contributed by atoms with Gasteiger partial charge in [-0.2, -0.15) is 0 Å². The molecule has 0 unspecified atom stereocenters. The van der Waals surface area contributed by atoms with Crippen LogP contribution in [0, 0.1) is 0 Å². The normalized spacial score (nSPS) is 11.8. The summed E-state index contributed by atoms with van der Waals surface area (Å²) in [6.45, 7) is 2.21. The van der Waals surface area contributed by atoms with Crippen molar-refractivity contribution in [3.8, 4) is 0 Å². The molecule has 1 heterocycles. The minimum absolute atomic E-state index is 0.192. The van der Waals surface area contributed by atoms with Crippen LogP contribution in [0.1, 0.15) is 18.9 Å². The average molecular weight is 202 g/mol. The number of nitrogens with one attached hydrogen (secondary N) is 2. The number of hydrogen-bond acceptors (Lipinski definition) is 2. The first kappa shape index (κ1) is 10.3. The van der Waals surface area contributed by atoms with E-state index in [0.717, 1.165) is 5.56 Å². The van der Waals surface area contributed by atoms with Gasteiger partial charge in [0.05, 0.1) is 5.75 Å². The highest BCUT2D eigenvalue weighted by molar-refractivity contribution is 7.89. The molecule has 74 valence electrons. The summed E-state index contributed by atoms with van der Waals surface area (Å²) in [5.74, 6) is 0.192. The van der Waals surface area contributed by atoms with Gasteiger partial charge in [-0.05, 0) is 18.1 Å². The Morgan fingerprint density at radius 3 is 2.85 bits per heavy atom. The van der Waals surface area contributed by atoms with Crippen LogP contribution in [0.25, 0.3) is 0 Å². The molecule has 1 aromatic heterocycles. The van der Waals surface area contributed by atoms with Crippen molar-refractivity contribution in [2.75, 3.05) is 5.75 Å². The molecular weight excluding hydrogens is 188 g/mol. The molecule has 0 radical (unpaired) electrons. The standard InChI is InChI=1S/C8H14N2O2S/c1-2-5-13(11,12)10-7-8-3-4-9-6-8/h3-4,6,9-10H,2,5,7H2,1H3. The summed E-state index contributed by atoms with van der Waals surface area (Å²) in [4.78, 5) is 2.86. The summed E-state index contributed by atoms with van der Waals surface area (Å²) in [7, 11) is -3.07. The van der Waals surface area contributed by atoms with E-state index in [1.165, 1.54) is 0 Å². The van der Waals surface area contributed by atoms with Crippen molar-refractivity contribution in [1.29, 1.82) is 0 Å². The lowest BCUT2D eigenvalue weighted by atomic mass is 10.4. The van der Waals surface area contributed by atoms with Crippen molar-refractivity contribution in [1.82, 2.24) is 9.71 Å². The van der Waals surface area contributed by atoms with E-state index in [1.807, 2.05) is 13.0 Å². The third-order valence-electron chi connectivity index (χ3n) is 1.63. The van der Waals surface area contributed by atoms with Gasteiger partial charge in [-0.25, -0.2) is 13.1 Å². The predicted octanol–water partition coefficient (Wildman–Crippen LogP) is 0.844. The molecule has 0 aliphatic rings. The zero-order chi connectivity index (χ0) is 9.73. The average Bonchev–Trinajstić information content (AvgIpc) is 2.52. The molecule has 0 aliphatic carbocycles. The molecule has 0 spiro atoms. The molecular formula is C8H14N2O2S. The monoisotopic (exact) mass is 202 g/mol. The topological polar surface area (TPSA) is 62.0 Å². The Balaban J connectivity index is 2.43. The van der Waals surface area contributed by atoms with Gasteiger partial charge in [-0.1, -0.05) is 6.92 Å². The number of rotatable bonds is 5. The van der Waals surface area contributed by atoms with Crippen LogP contribution < -0.4 is 4.72 Å². The maximum atomic E-state index is 11.2. The van der Waals surface area contributed by atoms with Crippen LogP contribution in [0.15, 0.2) is 18.5 Å². The van der Waals surface area contributed by atoms with Crippen LogP contribution in [0.2, 0.25) is 0 Å². The molecule has 0 amide bonds. The summed E-state index contributed by atoms with van der Waals surface area (Å²) in [6, 6.07) is 1.84. The summed E-state index contributed by atoms with van der Waals surface area (Å²) < 4.78 is 24.9. The number of H-pyrrole nitrogens is 1. The van der Waals surface area contributed by atoms with Gasteiger partial charge in [0.2, 0.25) is 10.0 Å². The SMILES string of the molecule is CCCS(=O)(=O)NCc1cc[nH]c1. The molecule has 0 atom stereocenters. The quantitative estimate of drug-likeness (QED) is 0.743. The van der Waals surface area contributed by atoms with Crippen LogP contribution in [0.4, 0.5) is 0 Å². The highest BCUT2D eigenvalue weighted by Crippen LogP contribution is 1.97. The van der Waals surface area contributed by atoms with E-state index in [1.54, 1.807) is 12.4 Å². The van der Waals surface area contributed by atoms with E-state index in [-0.39, 0.29) is 5.75 Å². The van der Waals surface area contributed by atoms with Crippen molar-refractivity contribution in [2.24, 2.45) is 0 Å². The van der Waals surface area contributed by atoms with Gasteiger partial charge in [-0.15, -0.1) is 0 Å². The number of aromatic nitrogens is 1. The van der Waals surface area contributed by atoms with Crippen molar-refractivity contribution in [3.05, 3.63) is 24.0 Å². The first-order valence-electron chi connectivity index (χ1n) is 4.23. The van der Waals surface area contributed by atoms with E-state index in [9.17, 15) is 8.42 Å². The maximum Gasteiger partial charge on any atom is 0.211 e. The van der Waals surface area contributed by atoms with E-state index >= 15 is 0 Å². The van der Waals surface area contributed by atoms with Crippen LogP contribution in [-0.4, -0.2) is 19.2 Å². The van der Waals surface area contributed by atoms with Gasteiger partial charge in [0.1, 0.15) is 0 Å². The largest absolute Gasteiger partial charge is 0.367 e. The Labute approximate surface area is 78.4 Å². The Kier molecular flexibility index (Phi) is 3.50. The number of aromatic amines is 1. The fraction of sp³-hybridized carbons (Fsp3) is 0.500. The van der Waals surface area contributed by atoms with Crippen LogP contribution >= 0.6 is 0 Å². The fourth-order valence-electron chi connectivity index (χ4n) is 1.00. The lowest BCUT2D eigenvalue weighted by Crippen LogP contribution is -2.25. The number of sulfonamides is 1. The molecule has 0 aromatic carbocycles. The summed E-state index contributed by atoms with van der Waals surface area (Å²) >= 11 is 0. The predicted molar refractivity (Wildman–Crippen MR) is 51.7 cm³/mol. The van der Waals surface area contributed by atoms with E-state index in [2.05, 4.69) is 9.71 Å². The molecule has 0 saturated carbocycles. The minimum Gasteiger partial charge on any atom is -0.367 e. The molecule has 4 nitrogen and oxygen atoms in total. The molecule has 0 saturated heterocycles. The lowest BCUT2D eigenvalue weighted by Gasteiger charge is -2.02. The third-order valence-corrected chi connectivity index (χ3v) is 3.16. The Morgan fingerprint density at radius 2 is 2.31 bits per heavy atom. The smallest absolute Gasteiger partial charge is 0.211 e. The van der Waals surface area contributed by atoms with Gasteiger partial charge in [-0.3, -0.25) is 0 Å². The Bertz CT molecular complexity index is 329. The van der Waals surface area contributed by atoms with Gasteiger partial charge in [0.15, 0.2) is 0 Å². The molecule has 1 aromatic rings. The zero-order valence-corrected chi connectivity index (χ0v) is 8.39. The number of hydrogen-bond donors (Lipinski definition) is 2. The molecule has 2 N–H and O–H groups in total. The molecule has 0 bridgehead atoms. The molecule has 0 aliphatic heterocycles.